The largest absolute Gasteiger partial charge is 0.481 e. The zero-order valence-corrected chi connectivity index (χ0v) is 15.9. The highest BCUT2D eigenvalue weighted by atomic mass is 16.6. The van der Waals surface area contributed by atoms with Gasteiger partial charge in [0.2, 0.25) is 0 Å². The molecule has 1 fully saturated rings. The molecule has 3 nitrogen and oxygen atoms in total. The summed E-state index contributed by atoms with van der Waals surface area (Å²) in [6.45, 7) is 2.24. The third kappa shape index (κ3) is 13.6. The van der Waals surface area contributed by atoms with Gasteiger partial charge in [-0.15, -0.1) is 0 Å². The van der Waals surface area contributed by atoms with E-state index in [0.29, 0.717) is 18.6 Å². The van der Waals surface area contributed by atoms with Crippen LogP contribution in [-0.4, -0.2) is 23.3 Å². The minimum absolute atomic E-state index is 0.295. The highest BCUT2D eigenvalue weighted by Gasteiger charge is 2.35. The number of carboxylic acids is 1. The van der Waals surface area contributed by atoms with Gasteiger partial charge in [-0.05, 0) is 51.4 Å². The fraction of sp³-hybridized carbons (Fsp3) is 0.682. The summed E-state index contributed by atoms with van der Waals surface area (Å²) >= 11 is 0. The van der Waals surface area contributed by atoms with Crippen molar-refractivity contribution in [2.75, 3.05) is 0 Å². The lowest BCUT2D eigenvalue weighted by molar-refractivity contribution is -0.137. The van der Waals surface area contributed by atoms with Gasteiger partial charge in [0.25, 0.3) is 0 Å². The van der Waals surface area contributed by atoms with Gasteiger partial charge in [-0.1, -0.05) is 62.6 Å². The maximum absolute atomic E-state index is 10.4. The summed E-state index contributed by atoms with van der Waals surface area (Å²) in [4.78, 5) is 10.4. The van der Waals surface area contributed by atoms with Crippen LogP contribution >= 0.6 is 0 Å². The molecule has 1 rings (SSSR count). The van der Waals surface area contributed by atoms with Crippen molar-refractivity contribution >= 4 is 5.97 Å². The van der Waals surface area contributed by atoms with Crippen LogP contribution in [0.15, 0.2) is 36.5 Å². The van der Waals surface area contributed by atoms with Crippen LogP contribution in [0.5, 0.6) is 0 Å². The molecule has 2 unspecified atom stereocenters. The molecule has 3 heteroatoms. The maximum atomic E-state index is 10.4. The van der Waals surface area contributed by atoms with Gasteiger partial charge in [0, 0.05) is 6.42 Å². The zero-order valence-electron chi connectivity index (χ0n) is 15.9. The average molecular weight is 349 g/mol. The van der Waals surface area contributed by atoms with E-state index in [2.05, 4.69) is 43.4 Å². The normalized spacial score (nSPS) is 20.2. The number of rotatable bonds is 16. The third-order valence-corrected chi connectivity index (χ3v) is 4.43. The van der Waals surface area contributed by atoms with Crippen molar-refractivity contribution in [3.8, 4) is 0 Å². The highest BCUT2D eigenvalue weighted by Crippen LogP contribution is 2.29. The molecule has 1 saturated heterocycles. The minimum Gasteiger partial charge on any atom is -0.481 e. The molecule has 0 amide bonds. The smallest absolute Gasteiger partial charge is 0.303 e. The van der Waals surface area contributed by atoms with Crippen molar-refractivity contribution in [3.63, 3.8) is 0 Å². The zero-order chi connectivity index (χ0) is 18.2. The van der Waals surface area contributed by atoms with Crippen molar-refractivity contribution in [2.45, 2.75) is 96.2 Å². The number of hydrogen-bond acceptors (Lipinski definition) is 2. The second-order valence-corrected chi connectivity index (χ2v) is 6.82. The lowest BCUT2D eigenvalue weighted by Gasteiger charge is -1.95. The van der Waals surface area contributed by atoms with E-state index in [0.717, 1.165) is 44.9 Å². The van der Waals surface area contributed by atoms with E-state index in [1.54, 1.807) is 0 Å². The number of ether oxygens (including phenoxy) is 1. The molecule has 142 valence electrons. The molecule has 0 aliphatic carbocycles. The molecule has 0 aromatic carbocycles. The summed E-state index contributed by atoms with van der Waals surface area (Å²) in [6, 6.07) is 0. The first-order chi connectivity index (χ1) is 12.2. The van der Waals surface area contributed by atoms with Crippen molar-refractivity contribution in [1.29, 1.82) is 0 Å². The predicted molar refractivity (Wildman–Crippen MR) is 105 cm³/mol. The number of allylic oxidation sites excluding steroid dienone is 4. The van der Waals surface area contributed by atoms with E-state index >= 15 is 0 Å². The second-order valence-electron chi connectivity index (χ2n) is 6.82. The van der Waals surface area contributed by atoms with Gasteiger partial charge in [-0.3, -0.25) is 4.79 Å². The quantitative estimate of drug-likeness (QED) is 0.205. The highest BCUT2D eigenvalue weighted by molar-refractivity contribution is 5.66. The van der Waals surface area contributed by atoms with Crippen LogP contribution < -0.4 is 0 Å². The van der Waals surface area contributed by atoms with Gasteiger partial charge >= 0.3 is 5.97 Å². The van der Waals surface area contributed by atoms with Crippen LogP contribution in [0, 0.1) is 0 Å². The molecule has 0 aromatic heterocycles. The predicted octanol–water partition coefficient (Wildman–Crippen LogP) is 6.21. The molecular formula is C22H36O3. The number of unbranched alkanes of at least 4 members (excludes halogenated alkanes) is 6. The van der Waals surface area contributed by atoms with E-state index in [-0.39, 0.29) is 0 Å². The van der Waals surface area contributed by atoms with E-state index in [4.69, 9.17) is 9.84 Å². The molecule has 0 radical (unpaired) electrons. The topological polar surface area (TPSA) is 49.8 Å². The van der Waals surface area contributed by atoms with Crippen LogP contribution in [0.1, 0.15) is 84.0 Å². The molecule has 1 N–H and O–H groups in total. The third-order valence-electron chi connectivity index (χ3n) is 4.43. The number of carbonyl (C=O) groups is 1. The van der Waals surface area contributed by atoms with Crippen LogP contribution in [0.4, 0.5) is 0 Å². The molecule has 0 spiro atoms. The molecule has 1 aliphatic rings. The van der Waals surface area contributed by atoms with Crippen LogP contribution in [0.25, 0.3) is 0 Å². The number of hydrogen-bond donors (Lipinski definition) is 1. The molecule has 25 heavy (non-hydrogen) atoms. The Morgan fingerprint density at radius 2 is 1.44 bits per heavy atom. The summed E-state index contributed by atoms with van der Waals surface area (Å²) in [7, 11) is 0. The second kappa shape index (κ2) is 14.9. The van der Waals surface area contributed by atoms with Gasteiger partial charge < -0.3 is 9.84 Å². The molecule has 0 aromatic rings. The number of aliphatic carboxylic acids is 1. The van der Waals surface area contributed by atoms with Gasteiger partial charge in [0.1, 0.15) is 0 Å². The summed E-state index contributed by atoms with van der Waals surface area (Å²) in [5, 5.41) is 8.55. The maximum Gasteiger partial charge on any atom is 0.303 e. The Morgan fingerprint density at radius 1 is 0.840 bits per heavy atom. The molecule has 1 aliphatic heterocycles. The van der Waals surface area contributed by atoms with Crippen LogP contribution in [0.2, 0.25) is 0 Å². The Hall–Kier alpha value is -1.35. The SMILES string of the molecule is CCCCC/C=C\C/C=C\CC1OC1C/C=C\CCCCCC(=O)O. The molecule has 1 heterocycles. The summed E-state index contributed by atoms with van der Waals surface area (Å²) in [5.41, 5.74) is 0. The molecule has 2 atom stereocenters. The van der Waals surface area contributed by atoms with Gasteiger partial charge in [-0.2, -0.15) is 0 Å². The van der Waals surface area contributed by atoms with Crippen molar-refractivity contribution < 1.29 is 14.6 Å². The van der Waals surface area contributed by atoms with E-state index in [9.17, 15) is 4.79 Å². The van der Waals surface area contributed by atoms with Crippen molar-refractivity contribution in [2.24, 2.45) is 0 Å². The van der Waals surface area contributed by atoms with Crippen molar-refractivity contribution in [1.82, 2.24) is 0 Å². The minimum atomic E-state index is -0.690. The summed E-state index contributed by atoms with van der Waals surface area (Å²) < 4.78 is 5.67. The Labute approximate surface area is 153 Å². The van der Waals surface area contributed by atoms with Crippen LogP contribution in [-0.2, 0) is 9.53 Å². The standard InChI is InChI=1S/C22H36O3/c1-2-3-4-5-6-7-8-11-14-17-20-21(25-20)18-15-12-9-10-13-16-19-22(23)24/h6-7,11-12,14-15,20-21H,2-5,8-10,13,16-19H2,1H3,(H,23,24)/b7-6-,14-11-,15-12-. The molecule has 0 bridgehead atoms. The Bertz CT molecular complexity index is 423. The molecular weight excluding hydrogens is 312 g/mol. The summed E-state index contributed by atoms with van der Waals surface area (Å²) in [6.07, 6.45) is 26.7. The fourth-order valence-corrected chi connectivity index (χ4v) is 2.79. The Morgan fingerprint density at radius 3 is 2.12 bits per heavy atom. The average Bonchev–Trinajstić information content (AvgIpc) is 3.34. The van der Waals surface area contributed by atoms with Crippen LogP contribution in [0.3, 0.4) is 0 Å². The van der Waals surface area contributed by atoms with Gasteiger partial charge in [0.15, 0.2) is 0 Å². The number of epoxide rings is 1. The first-order valence-electron chi connectivity index (χ1n) is 10.1. The first-order valence-corrected chi connectivity index (χ1v) is 10.1. The Kier molecular flexibility index (Phi) is 13.0. The number of carboxylic acid groups (broad SMARTS) is 1. The molecule has 0 saturated carbocycles. The van der Waals surface area contributed by atoms with E-state index < -0.39 is 5.97 Å². The van der Waals surface area contributed by atoms with E-state index in [1.165, 1.54) is 25.7 Å². The van der Waals surface area contributed by atoms with E-state index in [1.807, 2.05) is 0 Å². The summed E-state index contributed by atoms with van der Waals surface area (Å²) in [5.74, 6) is -0.690. The lowest BCUT2D eigenvalue weighted by atomic mass is 10.1. The van der Waals surface area contributed by atoms with Gasteiger partial charge in [-0.25, -0.2) is 0 Å². The lowest BCUT2D eigenvalue weighted by Crippen LogP contribution is -1.93. The Balaban J connectivity index is 1.90. The van der Waals surface area contributed by atoms with Crippen molar-refractivity contribution in [3.05, 3.63) is 36.5 Å². The van der Waals surface area contributed by atoms with Gasteiger partial charge in [0.05, 0.1) is 12.2 Å². The first kappa shape index (κ1) is 21.7. The monoisotopic (exact) mass is 348 g/mol. The fourth-order valence-electron chi connectivity index (χ4n) is 2.79.